The Bertz CT molecular complexity index is 144. The fourth-order valence-corrected chi connectivity index (χ4v) is 1.81. The fourth-order valence-electron chi connectivity index (χ4n) is 1.81. The van der Waals surface area contributed by atoms with E-state index in [4.69, 9.17) is 16.6 Å². The van der Waals surface area contributed by atoms with Gasteiger partial charge in [-0.2, -0.15) is 0 Å². The van der Waals surface area contributed by atoms with E-state index >= 15 is 0 Å². The molecule has 0 aliphatic carbocycles. The number of ether oxygens (including phenoxy) is 2. The van der Waals surface area contributed by atoms with Gasteiger partial charge in [-0.15, -0.1) is 0 Å². The molecule has 0 aromatic carbocycles. The molecule has 2 radical (unpaired) electrons. The summed E-state index contributed by atoms with van der Waals surface area (Å²) in [5, 5.41) is 0. The first kappa shape index (κ1) is 14.9. The second-order valence-corrected chi connectivity index (χ2v) is 5.93. The molecular formula is C13H26O2. The predicted octanol–water partition coefficient (Wildman–Crippen LogP) is 3.54. The van der Waals surface area contributed by atoms with E-state index in [2.05, 4.69) is 27.7 Å². The Morgan fingerprint density at radius 2 is 1.40 bits per heavy atom. The van der Waals surface area contributed by atoms with Crippen LogP contribution in [0.5, 0.6) is 0 Å². The van der Waals surface area contributed by atoms with Gasteiger partial charge >= 0.3 is 0 Å². The topological polar surface area (TPSA) is 18.5 Å². The van der Waals surface area contributed by atoms with Crippen molar-refractivity contribution in [3.8, 4) is 0 Å². The Morgan fingerprint density at radius 3 is 1.80 bits per heavy atom. The van der Waals surface area contributed by atoms with Gasteiger partial charge in [0.25, 0.3) is 0 Å². The molecule has 0 fully saturated rings. The van der Waals surface area contributed by atoms with E-state index in [1.165, 1.54) is 12.8 Å². The lowest BCUT2D eigenvalue weighted by atomic mass is 9.82. The zero-order chi connectivity index (χ0) is 11.9. The molecule has 2 nitrogen and oxygen atoms in total. The zero-order valence-corrected chi connectivity index (χ0v) is 10.9. The summed E-state index contributed by atoms with van der Waals surface area (Å²) in [7, 11) is 6.86. The molecule has 0 aliphatic rings. The molecule has 0 unspecified atom stereocenters. The van der Waals surface area contributed by atoms with Crippen LogP contribution in [0, 0.1) is 17.9 Å². The average molecular weight is 214 g/mol. The van der Waals surface area contributed by atoms with Gasteiger partial charge in [-0.05, 0) is 23.7 Å². The van der Waals surface area contributed by atoms with Crippen molar-refractivity contribution < 1.29 is 9.47 Å². The van der Waals surface area contributed by atoms with E-state index in [0.29, 0.717) is 6.61 Å². The maximum atomic E-state index is 5.19. The minimum atomic E-state index is 0.178. The van der Waals surface area contributed by atoms with Gasteiger partial charge in [0.05, 0.1) is 13.2 Å². The molecule has 15 heavy (non-hydrogen) atoms. The normalized spacial score (nSPS) is 13.2. The first-order valence-corrected chi connectivity index (χ1v) is 5.64. The Balaban J connectivity index is 3.77. The van der Waals surface area contributed by atoms with Gasteiger partial charge in [0, 0.05) is 7.11 Å². The van der Waals surface area contributed by atoms with Crippen LogP contribution < -0.4 is 0 Å². The molecule has 90 valence electrons. The highest BCUT2D eigenvalue weighted by Gasteiger charge is 2.21. The quantitative estimate of drug-likeness (QED) is 0.615. The lowest BCUT2D eigenvalue weighted by molar-refractivity contribution is 0.0853. The Morgan fingerprint density at radius 1 is 0.933 bits per heavy atom. The summed E-state index contributed by atoms with van der Waals surface area (Å²) in [4.78, 5) is 0. The summed E-state index contributed by atoms with van der Waals surface area (Å²) in [5.74, 6) is 0. The van der Waals surface area contributed by atoms with E-state index in [9.17, 15) is 0 Å². The van der Waals surface area contributed by atoms with Crippen LogP contribution in [0.1, 0.15) is 47.0 Å². The van der Waals surface area contributed by atoms with E-state index < -0.39 is 0 Å². The molecule has 0 saturated heterocycles. The van der Waals surface area contributed by atoms with Gasteiger partial charge in [-0.3, -0.25) is 0 Å². The second kappa shape index (κ2) is 6.49. The SMILES string of the molecule is [CH]OCC(C)(C)CCCC(C)(C)COC. The number of hydrogen-bond donors (Lipinski definition) is 0. The zero-order valence-electron chi connectivity index (χ0n) is 10.9. The minimum absolute atomic E-state index is 0.178. The number of hydrogen-bond acceptors (Lipinski definition) is 2. The molecule has 0 aromatic rings. The first-order chi connectivity index (χ1) is 6.83. The standard InChI is InChI=1S/C13H26O2/c1-12(2,10-14-5)8-7-9-13(3,4)11-15-6/h5H,7-11H2,1-4,6H3. The van der Waals surface area contributed by atoms with Crippen LogP contribution in [0.15, 0.2) is 0 Å². The summed E-state index contributed by atoms with van der Waals surface area (Å²) < 4.78 is 9.90. The fraction of sp³-hybridized carbons (Fsp3) is 0.923. The molecule has 0 bridgehead atoms. The first-order valence-electron chi connectivity index (χ1n) is 5.64. The summed E-state index contributed by atoms with van der Waals surface area (Å²) in [6.45, 7) is 10.3. The lowest BCUT2D eigenvalue weighted by Crippen LogP contribution is -2.21. The molecule has 0 atom stereocenters. The third-order valence-electron chi connectivity index (χ3n) is 2.72. The smallest absolute Gasteiger partial charge is 0.115 e. The van der Waals surface area contributed by atoms with Gasteiger partial charge in [-0.25, -0.2) is 0 Å². The molecule has 0 spiro atoms. The second-order valence-electron chi connectivity index (χ2n) is 5.93. The summed E-state index contributed by atoms with van der Waals surface area (Å²) in [6.07, 6.45) is 3.50. The van der Waals surface area contributed by atoms with Crippen molar-refractivity contribution in [1.82, 2.24) is 0 Å². The van der Waals surface area contributed by atoms with Crippen molar-refractivity contribution in [2.75, 3.05) is 20.3 Å². The van der Waals surface area contributed by atoms with E-state index in [1.54, 1.807) is 7.11 Å². The van der Waals surface area contributed by atoms with Gasteiger partial charge in [0.2, 0.25) is 0 Å². The van der Waals surface area contributed by atoms with Crippen molar-refractivity contribution in [1.29, 1.82) is 0 Å². The maximum absolute atomic E-state index is 5.19. The molecule has 0 amide bonds. The summed E-state index contributed by atoms with van der Waals surface area (Å²) in [6, 6.07) is 0. The summed E-state index contributed by atoms with van der Waals surface area (Å²) in [5.41, 5.74) is 0.451. The van der Waals surface area contributed by atoms with Crippen LogP contribution in [0.25, 0.3) is 0 Å². The third-order valence-corrected chi connectivity index (χ3v) is 2.72. The van der Waals surface area contributed by atoms with Crippen molar-refractivity contribution >= 4 is 0 Å². The maximum Gasteiger partial charge on any atom is 0.115 e. The molecule has 0 aliphatic heterocycles. The highest BCUT2D eigenvalue weighted by atomic mass is 16.5. The van der Waals surface area contributed by atoms with Crippen molar-refractivity contribution in [3.63, 3.8) is 0 Å². The monoisotopic (exact) mass is 214 g/mol. The van der Waals surface area contributed by atoms with Crippen LogP contribution in [0.2, 0.25) is 0 Å². The molecule has 0 saturated carbocycles. The van der Waals surface area contributed by atoms with Crippen LogP contribution in [0.4, 0.5) is 0 Å². The molecule has 0 N–H and O–H groups in total. The van der Waals surface area contributed by atoms with E-state index in [0.717, 1.165) is 13.0 Å². The summed E-state index contributed by atoms with van der Waals surface area (Å²) >= 11 is 0. The van der Waals surface area contributed by atoms with Gasteiger partial charge in [-0.1, -0.05) is 34.1 Å². The highest BCUT2D eigenvalue weighted by Crippen LogP contribution is 2.29. The third kappa shape index (κ3) is 7.80. The van der Waals surface area contributed by atoms with Crippen molar-refractivity contribution in [3.05, 3.63) is 7.11 Å². The predicted molar refractivity (Wildman–Crippen MR) is 63.5 cm³/mol. The Kier molecular flexibility index (Phi) is 6.46. The number of methoxy groups -OCH3 is 1. The number of rotatable bonds is 8. The average Bonchev–Trinajstić information content (AvgIpc) is 2.02. The lowest BCUT2D eigenvalue weighted by Gasteiger charge is -2.27. The van der Waals surface area contributed by atoms with E-state index in [-0.39, 0.29) is 10.8 Å². The Labute approximate surface area is 95.3 Å². The Hall–Kier alpha value is -0.0800. The van der Waals surface area contributed by atoms with Gasteiger partial charge in [0.1, 0.15) is 7.11 Å². The highest BCUT2D eigenvalue weighted by molar-refractivity contribution is 4.72. The van der Waals surface area contributed by atoms with Crippen LogP contribution in [-0.2, 0) is 9.47 Å². The molecular weight excluding hydrogens is 188 g/mol. The largest absolute Gasteiger partial charge is 0.384 e. The molecule has 0 rings (SSSR count). The van der Waals surface area contributed by atoms with Crippen molar-refractivity contribution in [2.45, 2.75) is 47.0 Å². The van der Waals surface area contributed by atoms with Crippen LogP contribution in [-0.4, -0.2) is 20.3 Å². The molecule has 0 aromatic heterocycles. The van der Waals surface area contributed by atoms with Crippen LogP contribution >= 0.6 is 0 Å². The molecule has 2 heteroatoms. The van der Waals surface area contributed by atoms with Gasteiger partial charge in [0.15, 0.2) is 0 Å². The van der Waals surface area contributed by atoms with E-state index in [1.807, 2.05) is 0 Å². The van der Waals surface area contributed by atoms with Crippen LogP contribution in [0.3, 0.4) is 0 Å². The minimum Gasteiger partial charge on any atom is -0.384 e. The van der Waals surface area contributed by atoms with Gasteiger partial charge < -0.3 is 9.47 Å². The molecule has 0 heterocycles. The van der Waals surface area contributed by atoms with Crippen molar-refractivity contribution in [2.24, 2.45) is 10.8 Å².